The highest BCUT2D eigenvalue weighted by Gasteiger charge is 2.24. The van der Waals surface area contributed by atoms with Gasteiger partial charge in [-0.2, -0.15) is 0 Å². The Balaban J connectivity index is 2.37. The largest absolute Gasteiger partial charge is 0.366 e. The van der Waals surface area contributed by atoms with Gasteiger partial charge < -0.3 is 4.90 Å². The van der Waals surface area contributed by atoms with E-state index in [1.165, 1.54) is 17.7 Å². The number of aryl methyl sites for hydroxylation is 1. The Hall–Kier alpha value is -2.41. The Morgan fingerprint density at radius 1 is 1.15 bits per heavy atom. The molecule has 6 nitrogen and oxygen atoms in total. The maximum absolute atomic E-state index is 11.7. The van der Waals surface area contributed by atoms with Crippen LogP contribution in [0.3, 0.4) is 0 Å². The number of nitrogens with zero attached hydrogens (tertiary/aromatic N) is 2. The molecule has 0 aliphatic rings. The van der Waals surface area contributed by atoms with Crippen molar-refractivity contribution in [1.82, 2.24) is 0 Å². The summed E-state index contributed by atoms with van der Waals surface area (Å²) >= 11 is 0. The molecule has 0 saturated heterocycles. The molecule has 0 fully saturated rings. The predicted molar refractivity (Wildman–Crippen MR) is 104 cm³/mol. The number of nitro benzene ring substituents is 1. The molecule has 0 amide bonds. The van der Waals surface area contributed by atoms with E-state index < -0.39 is 14.8 Å². The third-order valence-corrected chi connectivity index (χ3v) is 5.67. The van der Waals surface area contributed by atoms with Gasteiger partial charge in [-0.3, -0.25) is 10.1 Å². The van der Waals surface area contributed by atoms with Gasteiger partial charge >= 0.3 is 0 Å². The van der Waals surface area contributed by atoms with Crippen LogP contribution in [-0.2, 0) is 16.3 Å². The minimum atomic E-state index is -3.50. The molecule has 1 atom stereocenters. The fraction of sp³-hybridized carbons (Fsp3) is 0.368. The summed E-state index contributed by atoms with van der Waals surface area (Å²) in [5.74, 6) is 0. The van der Waals surface area contributed by atoms with Crippen molar-refractivity contribution in [1.29, 1.82) is 0 Å². The van der Waals surface area contributed by atoms with Crippen LogP contribution in [0.25, 0.3) is 0 Å². The van der Waals surface area contributed by atoms with Gasteiger partial charge in [0.25, 0.3) is 5.69 Å². The van der Waals surface area contributed by atoms with Gasteiger partial charge in [-0.25, -0.2) is 8.42 Å². The minimum absolute atomic E-state index is 0.0482. The molecule has 0 radical (unpaired) electrons. The molecule has 2 rings (SSSR count). The molecule has 0 aliphatic heterocycles. The first-order valence-electron chi connectivity index (χ1n) is 8.40. The van der Waals surface area contributed by atoms with Gasteiger partial charge in [0.2, 0.25) is 0 Å². The third kappa shape index (κ3) is 4.60. The van der Waals surface area contributed by atoms with Crippen LogP contribution < -0.4 is 4.90 Å². The number of benzene rings is 2. The number of rotatable bonds is 7. The molecule has 140 valence electrons. The quantitative estimate of drug-likeness (QED) is 0.543. The van der Waals surface area contributed by atoms with Crippen LogP contribution in [0.5, 0.6) is 0 Å². The van der Waals surface area contributed by atoms with Crippen LogP contribution in [0.4, 0.5) is 11.4 Å². The molecular formula is C19H24N2O4S. The van der Waals surface area contributed by atoms with Gasteiger partial charge in [0.05, 0.1) is 9.82 Å². The first-order valence-corrected chi connectivity index (χ1v) is 10.3. The van der Waals surface area contributed by atoms with Crippen molar-refractivity contribution >= 4 is 21.2 Å². The van der Waals surface area contributed by atoms with Crippen molar-refractivity contribution in [3.63, 3.8) is 0 Å². The Morgan fingerprint density at radius 3 is 2.27 bits per heavy atom. The summed E-state index contributed by atoms with van der Waals surface area (Å²) in [6.07, 6.45) is 2.59. The SMILES string of the molecule is CC[C@@H](Cc1ccc(C)cc1)N(C)c1ccc(S(C)(=O)=O)cc1[N+](=O)[O-]. The average molecular weight is 376 g/mol. The van der Waals surface area contributed by atoms with Crippen molar-refractivity contribution in [3.8, 4) is 0 Å². The number of hydrogen-bond acceptors (Lipinski definition) is 5. The fourth-order valence-corrected chi connectivity index (χ4v) is 3.57. The van der Waals surface area contributed by atoms with E-state index in [2.05, 4.69) is 12.1 Å². The third-order valence-electron chi connectivity index (χ3n) is 4.56. The minimum Gasteiger partial charge on any atom is -0.366 e. The first kappa shape index (κ1) is 19.9. The molecule has 0 unspecified atom stereocenters. The van der Waals surface area contributed by atoms with Crippen LogP contribution in [0.15, 0.2) is 47.4 Å². The smallest absolute Gasteiger partial charge is 0.293 e. The molecular weight excluding hydrogens is 352 g/mol. The highest BCUT2D eigenvalue weighted by Crippen LogP contribution is 2.32. The zero-order valence-corrected chi connectivity index (χ0v) is 16.3. The molecule has 0 N–H and O–H groups in total. The van der Waals surface area contributed by atoms with Crippen LogP contribution >= 0.6 is 0 Å². The molecule has 0 heterocycles. The summed E-state index contributed by atoms with van der Waals surface area (Å²) in [5.41, 5.74) is 2.56. The van der Waals surface area contributed by atoms with Gasteiger partial charge in [0, 0.05) is 25.4 Å². The second-order valence-electron chi connectivity index (χ2n) is 6.54. The highest BCUT2D eigenvalue weighted by molar-refractivity contribution is 7.90. The van der Waals surface area contributed by atoms with Gasteiger partial charge in [0.1, 0.15) is 5.69 Å². The normalized spacial score (nSPS) is 12.6. The van der Waals surface area contributed by atoms with E-state index in [-0.39, 0.29) is 16.6 Å². The maximum Gasteiger partial charge on any atom is 0.293 e. The number of anilines is 1. The van der Waals surface area contributed by atoms with E-state index in [0.29, 0.717) is 5.69 Å². The molecule has 0 aromatic heterocycles. The van der Waals surface area contributed by atoms with Crippen LogP contribution in [-0.4, -0.2) is 32.7 Å². The Bertz CT molecular complexity index is 892. The second-order valence-corrected chi connectivity index (χ2v) is 8.56. The van der Waals surface area contributed by atoms with E-state index >= 15 is 0 Å². The lowest BCUT2D eigenvalue weighted by molar-refractivity contribution is -0.384. The van der Waals surface area contributed by atoms with Gasteiger partial charge in [-0.1, -0.05) is 36.8 Å². The van der Waals surface area contributed by atoms with Gasteiger partial charge in [0.15, 0.2) is 9.84 Å². The Kier molecular flexibility index (Phi) is 6.02. The molecule has 2 aromatic carbocycles. The molecule has 0 aliphatic carbocycles. The standard InChI is InChI=1S/C19H24N2O4S/c1-5-16(12-15-8-6-14(2)7-9-15)20(3)18-11-10-17(26(4,24)25)13-19(18)21(22)23/h6-11,13,16H,5,12H2,1-4H3/t16-/m0/s1. The lowest BCUT2D eigenvalue weighted by atomic mass is 10.0. The van der Waals surface area contributed by atoms with Crippen molar-refractivity contribution in [2.45, 2.75) is 37.6 Å². The molecule has 26 heavy (non-hydrogen) atoms. The second kappa shape index (κ2) is 7.86. The van der Waals surface area contributed by atoms with Crippen molar-refractivity contribution in [2.24, 2.45) is 0 Å². The van der Waals surface area contributed by atoms with E-state index in [4.69, 9.17) is 0 Å². The van der Waals surface area contributed by atoms with Crippen LogP contribution in [0.1, 0.15) is 24.5 Å². The first-order chi connectivity index (χ1) is 12.1. The molecule has 2 aromatic rings. The summed E-state index contributed by atoms with van der Waals surface area (Å²) in [7, 11) is -1.69. The van der Waals surface area contributed by atoms with E-state index in [1.54, 1.807) is 0 Å². The molecule has 0 saturated carbocycles. The summed E-state index contributed by atoms with van der Waals surface area (Å²) in [6, 6.07) is 12.4. The summed E-state index contributed by atoms with van der Waals surface area (Å²) in [6.45, 7) is 4.06. The van der Waals surface area contributed by atoms with E-state index in [9.17, 15) is 18.5 Å². The summed E-state index contributed by atoms with van der Waals surface area (Å²) in [5, 5.41) is 11.5. The van der Waals surface area contributed by atoms with Crippen molar-refractivity contribution in [3.05, 3.63) is 63.7 Å². The number of sulfone groups is 1. The topological polar surface area (TPSA) is 80.5 Å². The zero-order valence-electron chi connectivity index (χ0n) is 15.5. The number of hydrogen-bond donors (Lipinski definition) is 0. The van der Waals surface area contributed by atoms with Crippen LogP contribution in [0.2, 0.25) is 0 Å². The van der Waals surface area contributed by atoms with Gasteiger partial charge in [-0.05, 0) is 37.5 Å². The highest BCUT2D eigenvalue weighted by atomic mass is 32.2. The van der Waals surface area contributed by atoms with Crippen LogP contribution in [0, 0.1) is 17.0 Å². The summed E-state index contributed by atoms with van der Waals surface area (Å²) in [4.78, 5) is 12.8. The predicted octanol–water partition coefficient (Wildman–Crippen LogP) is 3.76. The lowest BCUT2D eigenvalue weighted by Crippen LogP contribution is -2.33. The fourth-order valence-electron chi connectivity index (χ4n) is 2.93. The van der Waals surface area contributed by atoms with Crippen molar-refractivity contribution < 1.29 is 13.3 Å². The Morgan fingerprint density at radius 2 is 1.77 bits per heavy atom. The molecule has 0 bridgehead atoms. The zero-order chi connectivity index (χ0) is 19.5. The maximum atomic E-state index is 11.7. The number of nitro groups is 1. The van der Waals surface area contributed by atoms with Crippen molar-refractivity contribution in [2.75, 3.05) is 18.2 Å². The van der Waals surface area contributed by atoms with E-state index in [1.807, 2.05) is 37.9 Å². The summed E-state index contributed by atoms with van der Waals surface area (Å²) < 4.78 is 23.4. The van der Waals surface area contributed by atoms with Gasteiger partial charge in [-0.15, -0.1) is 0 Å². The number of likely N-dealkylation sites (N-methyl/N-ethyl adjacent to an activating group) is 1. The molecule has 0 spiro atoms. The lowest BCUT2D eigenvalue weighted by Gasteiger charge is -2.29. The monoisotopic (exact) mass is 376 g/mol. The Labute approximate surface area is 154 Å². The van der Waals surface area contributed by atoms with E-state index in [0.717, 1.165) is 30.7 Å². The molecule has 7 heteroatoms. The average Bonchev–Trinajstić information content (AvgIpc) is 2.59.